The summed E-state index contributed by atoms with van der Waals surface area (Å²) in [6.45, 7) is 12.1. The summed E-state index contributed by atoms with van der Waals surface area (Å²) in [4.78, 5) is 30.2. The highest BCUT2D eigenvalue weighted by Crippen LogP contribution is 2.55. The summed E-state index contributed by atoms with van der Waals surface area (Å²) in [6.07, 6.45) is 3.55. The van der Waals surface area contributed by atoms with Crippen LogP contribution in [0.1, 0.15) is 83.8 Å². The van der Waals surface area contributed by atoms with Crippen LogP contribution < -0.4 is 9.47 Å². The van der Waals surface area contributed by atoms with Gasteiger partial charge in [0.15, 0.2) is 23.1 Å². The molecule has 5 nitrogen and oxygen atoms in total. The molecular formula is C34H40BrNO4. The van der Waals surface area contributed by atoms with Crippen LogP contribution in [0.4, 0.5) is 0 Å². The van der Waals surface area contributed by atoms with Crippen molar-refractivity contribution in [3.8, 4) is 11.5 Å². The lowest BCUT2D eigenvalue weighted by molar-refractivity contribution is -0.119. The Bertz CT molecular complexity index is 1350. The van der Waals surface area contributed by atoms with Gasteiger partial charge in [-0.1, -0.05) is 68.7 Å². The number of halogens is 1. The van der Waals surface area contributed by atoms with Crippen LogP contribution in [-0.2, 0) is 16.2 Å². The molecule has 0 saturated carbocycles. The minimum atomic E-state index is -0.389. The predicted octanol–water partition coefficient (Wildman–Crippen LogP) is 8.13. The number of carbonyl (C=O) groups is 2. The first-order valence-electron chi connectivity index (χ1n) is 14.3. The Hall–Kier alpha value is -2.86. The number of methoxy groups -OCH3 is 1. The van der Waals surface area contributed by atoms with Crippen molar-refractivity contribution in [1.29, 1.82) is 0 Å². The summed E-state index contributed by atoms with van der Waals surface area (Å²) < 4.78 is 13.0. The summed E-state index contributed by atoms with van der Waals surface area (Å²) >= 11 is 3.47. The quantitative estimate of drug-likeness (QED) is 0.319. The van der Waals surface area contributed by atoms with Gasteiger partial charge in [0.05, 0.1) is 7.11 Å². The third kappa shape index (κ3) is 5.52. The topological polar surface area (TPSA) is 55.8 Å². The first-order valence-corrected chi connectivity index (χ1v) is 15.1. The van der Waals surface area contributed by atoms with E-state index >= 15 is 0 Å². The Morgan fingerprint density at radius 3 is 1.95 bits per heavy atom. The zero-order chi connectivity index (χ0) is 28.8. The first kappa shape index (κ1) is 28.7. The van der Waals surface area contributed by atoms with E-state index in [1.807, 2.05) is 42.5 Å². The van der Waals surface area contributed by atoms with Gasteiger partial charge in [0.1, 0.15) is 6.61 Å². The molecule has 0 spiro atoms. The van der Waals surface area contributed by atoms with E-state index in [2.05, 4.69) is 55.4 Å². The SMILES string of the molecule is CCCN1C2=C(C(=O)CC(C)(C)C2)C(c2ccc(OCc3ccc(Br)cc3)c(OC)c2)C2=C1CC(C)(C)CC2=O. The minimum absolute atomic E-state index is 0.124. The zero-order valence-corrected chi connectivity index (χ0v) is 26.1. The molecule has 0 unspecified atom stereocenters. The normalized spacial score (nSPS) is 20.4. The van der Waals surface area contributed by atoms with E-state index in [1.54, 1.807) is 7.11 Å². The first-order chi connectivity index (χ1) is 18.9. The molecule has 5 rings (SSSR count). The van der Waals surface area contributed by atoms with Gasteiger partial charge in [0.2, 0.25) is 0 Å². The van der Waals surface area contributed by atoms with Gasteiger partial charge in [-0.25, -0.2) is 0 Å². The second kappa shape index (κ2) is 10.8. The van der Waals surface area contributed by atoms with Crippen LogP contribution in [0.5, 0.6) is 11.5 Å². The maximum absolute atomic E-state index is 13.9. The summed E-state index contributed by atoms with van der Waals surface area (Å²) in [6, 6.07) is 13.9. The Morgan fingerprint density at radius 1 is 0.850 bits per heavy atom. The minimum Gasteiger partial charge on any atom is -0.493 e. The molecule has 0 N–H and O–H groups in total. The maximum atomic E-state index is 13.9. The standard InChI is InChI=1S/C34H40BrNO4/c1-7-14-36-24-16-33(2,3)18-26(37)31(24)30(32-25(36)17-34(4,5)19-27(32)38)22-10-13-28(29(15-22)39-6)40-20-21-8-11-23(35)12-9-21/h8-13,15,30H,7,14,16-20H2,1-6H3. The van der Waals surface area contributed by atoms with Gasteiger partial charge in [-0.05, 0) is 65.5 Å². The van der Waals surface area contributed by atoms with E-state index in [4.69, 9.17) is 9.47 Å². The number of carbonyl (C=O) groups excluding carboxylic acids is 2. The molecule has 6 heteroatoms. The number of allylic oxidation sites excluding steroid dienone is 4. The van der Waals surface area contributed by atoms with Crippen molar-refractivity contribution < 1.29 is 19.1 Å². The van der Waals surface area contributed by atoms with E-state index in [1.165, 1.54) is 0 Å². The number of Topliss-reactive ketones (excluding diaryl/α,β-unsaturated/α-hetero) is 2. The Kier molecular flexibility index (Phi) is 7.77. The molecule has 0 fully saturated rings. The van der Waals surface area contributed by atoms with Crippen LogP contribution in [-0.4, -0.2) is 30.1 Å². The highest BCUT2D eigenvalue weighted by Gasteiger charge is 2.48. The Morgan fingerprint density at radius 2 is 1.43 bits per heavy atom. The van der Waals surface area contributed by atoms with E-state index in [0.29, 0.717) is 30.9 Å². The molecule has 0 saturated heterocycles. The molecule has 212 valence electrons. The van der Waals surface area contributed by atoms with Gasteiger partial charge in [0, 0.05) is 52.3 Å². The van der Waals surface area contributed by atoms with Crippen molar-refractivity contribution in [1.82, 2.24) is 4.90 Å². The van der Waals surface area contributed by atoms with Crippen LogP contribution in [0.3, 0.4) is 0 Å². The van der Waals surface area contributed by atoms with Crippen LogP contribution in [0.2, 0.25) is 0 Å². The van der Waals surface area contributed by atoms with E-state index < -0.39 is 0 Å². The molecule has 0 atom stereocenters. The summed E-state index contributed by atoms with van der Waals surface area (Å²) in [7, 11) is 1.63. The summed E-state index contributed by atoms with van der Waals surface area (Å²) in [5.41, 5.74) is 5.51. The highest BCUT2D eigenvalue weighted by molar-refractivity contribution is 9.10. The van der Waals surface area contributed by atoms with Gasteiger partial charge < -0.3 is 14.4 Å². The fraction of sp³-hybridized carbons (Fsp3) is 0.471. The number of hydrogen-bond donors (Lipinski definition) is 0. The van der Waals surface area contributed by atoms with Crippen molar-refractivity contribution in [2.75, 3.05) is 13.7 Å². The highest BCUT2D eigenvalue weighted by atomic mass is 79.9. The largest absolute Gasteiger partial charge is 0.493 e. The van der Waals surface area contributed by atoms with Gasteiger partial charge >= 0.3 is 0 Å². The Labute approximate surface area is 246 Å². The monoisotopic (exact) mass is 605 g/mol. The lowest BCUT2D eigenvalue weighted by atomic mass is 9.63. The average molecular weight is 607 g/mol. The lowest BCUT2D eigenvalue weighted by Crippen LogP contribution is -2.44. The van der Waals surface area contributed by atoms with E-state index in [9.17, 15) is 9.59 Å². The smallest absolute Gasteiger partial charge is 0.162 e. The molecule has 0 amide bonds. The molecule has 40 heavy (non-hydrogen) atoms. The number of hydrogen-bond acceptors (Lipinski definition) is 5. The second-order valence-electron chi connectivity index (χ2n) is 13.0. The van der Waals surface area contributed by atoms with Gasteiger partial charge in [-0.2, -0.15) is 0 Å². The van der Waals surface area contributed by atoms with Crippen molar-refractivity contribution >= 4 is 27.5 Å². The van der Waals surface area contributed by atoms with Crippen molar-refractivity contribution in [3.63, 3.8) is 0 Å². The van der Waals surface area contributed by atoms with Crippen molar-refractivity contribution in [3.05, 3.63) is 80.6 Å². The van der Waals surface area contributed by atoms with E-state index in [0.717, 1.165) is 63.9 Å². The number of rotatable bonds is 7. The number of ether oxygens (including phenoxy) is 2. The van der Waals surface area contributed by atoms with Gasteiger partial charge in [-0.3, -0.25) is 9.59 Å². The molecule has 0 radical (unpaired) electrons. The predicted molar refractivity (Wildman–Crippen MR) is 161 cm³/mol. The van der Waals surface area contributed by atoms with Gasteiger partial charge in [-0.15, -0.1) is 0 Å². The summed E-state index contributed by atoms with van der Waals surface area (Å²) in [5.74, 6) is 1.14. The number of nitrogens with zero attached hydrogens (tertiary/aromatic N) is 1. The third-order valence-electron chi connectivity index (χ3n) is 8.30. The third-order valence-corrected chi connectivity index (χ3v) is 8.83. The zero-order valence-electron chi connectivity index (χ0n) is 24.5. The molecule has 2 aliphatic carbocycles. The molecular weight excluding hydrogens is 566 g/mol. The fourth-order valence-electron chi connectivity index (χ4n) is 6.60. The molecule has 2 aromatic carbocycles. The van der Waals surface area contributed by atoms with Crippen LogP contribution in [0.15, 0.2) is 69.5 Å². The average Bonchev–Trinajstić information content (AvgIpc) is 2.87. The van der Waals surface area contributed by atoms with Gasteiger partial charge in [0.25, 0.3) is 0 Å². The molecule has 0 bridgehead atoms. The summed E-state index contributed by atoms with van der Waals surface area (Å²) in [5, 5.41) is 0. The van der Waals surface area contributed by atoms with Crippen molar-refractivity contribution in [2.45, 2.75) is 79.2 Å². The van der Waals surface area contributed by atoms with Crippen molar-refractivity contribution in [2.24, 2.45) is 10.8 Å². The number of ketones is 2. The van der Waals surface area contributed by atoms with E-state index in [-0.39, 0.29) is 28.3 Å². The molecule has 1 heterocycles. The van der Waals surface area contributed by atoms with Crippen LogP contribution in [0, 0.1) is 10.8 Å². The molecule has 3 aliphatic rings. The second-order valence-corrected chi connectivity index (χ2v) is 13.9. The van der Waals surface area contributed by atoms with Crippen LogP contribution >= 0.6 is 15.9 Å². The van der Waals surface area contributed by atoms with Crippen LogP contribution in [0.25, 0.3) is 0 Å². The maximum Gasteiger partial charge on any atom is 0.162 e. The molecule has 0 aromatic heterocycles. The molecule has 1 aliphatic heterocycles. The fourth-order valence-corrected chi connectivity index (χ4v) is 6.86. The number of benzene rings is 2. The molecule has 2 aromatic rings. The lowest BCUT2D eigenvalue weighted by Gasteiger charge is -2.49. The Balaban J connectivity index is 1.61.